The van der Waals surface area contributed by atoms with E-state index in [9.17, 15) is 14.4 Å². The summed E-state index contributed by atoms with van der Waals surface area (Å²) in [5.74, 6) is 0.292. The van der Waals surface area contributed by atoms with E-state index >= 15 is 0 Å². The van der Waals surface area contributed by atoms with Gasteiger partial charge in [-0.05, 0) is 60.5 Å². The third kappa shape index (κ3) is 7.13. The number of benzene rings is 1. The van der Waals surface area contributed by atoms with Crippen molar-refractivity contribution >= 4 is 17.9 Å². The van der Waals surface area contributed by atoms with Gasteiger partial charge in [-0.2, -0.15) is 0 Å². The molecule has 0 N–H and O–H groups in total. The fourth-order valence-corrected chi connectivity index (χ4v) is 4.80. The van der Waals surface area contributed by atoms with E-state index in [2.05, 4.69) is 16.0 Å². The Balaban J connectivity index is 1.17. The van der Waals surface area contributed by atoms with E-state index in [-0.39, 0.29) is 23.3 Å². The van der Waals surface area contributed by atoms with E-state index < -0.39 is 0 Å². The molecule has 4 rings (SSSR count). The third-order valence-electron chi connectivity index (χ3n) is 6.91. The van der Waals surface area contributed by atoms with Crippen molar-refractivity contribution in [3.63, 3.8) is 0 Å². The minimum Gasteiger partial charge on any atom is -0.410 e. The molecule has 3 amide bonds. The Morgan fingerprint density at radius 1 is 0.917 bits per heavy atom. The predicted molar refractivity (Wildman–Crippen MR) is 136 cm³/mol. The SMILES string of the molecule is CC1(C)CC(=O)N(CCc2ccc(OC(=O)N3CCN(CCCc4cccnc4)CC3)cc2)C(=O)C1. The molecule has 1 aromatic carbocycles. The zero-order valence-corrected chi connectivity index (χ0v) is 21.3. The van der Waals surface area contributed by atoms with Gasteiger partial charge in [-0.3, -0.25) is 24.4 Å². The number of ether oxygens (including phenoxy) is 1. The molecule has 0 aliphatic carbocycles. The van der Waals surface area contributed by atoms with Crippen LogP contribution in [0.4, 0.5) is 4.79 Å². The van der Waals surface area contributed by atoms with Crippen LogP contribution in [0.25, 0.3) is 0 Å². The lowest BCUT2D eigenvalue weighted by Crippen LogP contribution is -2.49. The molecular weight excluding hydrogens is 456 g/mol. The predicted octanol–water partition coefficient (Wildman–Crippen LogP) is 3.55. The number of likely N-dealkylation sites (tertiary alicyclic amines) is 1. The number of imide groups is 1. The summed E-state index contributed by atoms with van der Waals surface area (Å²) in [7, 11) is 0. The van der Waals surface area contributed by atoms with Crippen molar-refractivity contribution in [2.45, 2.75) is 46.0 Å². The van der Waals surface area contributed by atoms with Crippen LogP contribution in [0.5, 0.6) is 5.75 Å². The number of pyridine rings is 1. The number of rotatable bonds is 8. The number of carbonyl (C=O) groups excluding carboxylic acids is 3. The van der Waals surface area contributed by atoms with Gasteiger partial charge in [0.05, 0.1) is 0 Å². The Morgan fingerprint density at radius 2 is 1.61 bits per heavy atom. The summed E-state index contributed by atoms with van der Waals surface area (Å²) in [6, 6.07) is 11.4. The van der Waals surface area contributed by atoms with Crippen molar-refractivity contribution in [3.8, 4) is 5.75 Å². The number of carbonyl (C=O) groups is 3. The molecule has 2 fully saturated rings. The lowest BCUT2D eigenvalue weighted by molar-refractivity contribution is -0.152. The number of aromatic nitrogens is 1. The zero-order valence-electron chi connectivity index (χ0n) is 21.3. The Bertz CT molecular complexity index is 1030. The molecule has 0 spiro atoms. The Labute approximate surface area is 213 Å². The standard InChI is InChI=1S/C28H36N4O4/c1-28(2)19-25(33)32(26(34)20-28)14-11-22-7-9-24(10-8-22)36-27(35)31-17-15-30(16-18-31)13-4-6-23-5-3-12-29-21-23/h3,5,7-10,12,21H,4,6,11,13-20H2,1-2H3. The van der Waals surface area contributed by atoms with Crippen LogP contribution in [0.2, 0.25) is 0 Å². The molecule has 2 aromatic rings. The number of aryl methyl sites for hydroxylation is 1. The maximum Gasteiger partial charge on any atom is 0.415 e. The van der Waals surface area contributed by atoms with Gasteiger partial charge in [0.2, 0.25) is 11.8 Å². The molecule has 8 nitrogen and oxygen atoms in total. The van der Waals surface area contributed by atoms with E-state index in [0.29, 0.717) is 44.6 Å². The van der Waals surface area contributed by atoms with Gasteiger partial charge in [-0.15, -0.1) is 0 Å². The number of hydrogen-bond donors (Lipinski definition) is 0. The van der Waals surface area contributed by atoms with Gasteiger partial charge < -0.3 is 9.64 Å². The smallest absolute Gasteiger partial charge is 0.410 e. The molecule has 0 radical (unpaired) electrons. The van der Waals surface area contributed by atoms with Crippen LogP contribution in [-0.4, -0.2) is 76.9 Å². The van der Waals surface area contributed by atoms with Crippen molar-refractivity contribution < 1.29 is 19.1 Å². The summed E-state index contributed by atoms with van der Waals surface area (Å²) in [5.41, 5.74) is 1.98. The summed E-state index contributed by atoms with van der Waals surface area (Å²) in [6.07, 6.45) is 6.83. The maximum absolute atomic E-state index is 12.6. The Hall–Kier alpha value is -3.26. The second-order valence-corrected chi connectivity index (χ2v) is 10.5. The molecule has 36 heavy (non-hydrogen) atoms. The van der Waals surface area contributed by atoms with Crippen LogP contribution in [0.15, 0.2) is 48.8 Å². The average Bonchev–Trinajstić information content (AvgIpc) is 2.85. The summed E-state index contributed by atoms with van der Waals surface area (Å²) in [5, 5.41) is 0. The van der Waals surface area contributed by atoms with Gasteiger partial charge >= 0.3 is 6.09 Å². The largest absolute Gasteiger partial charge is 0.415 e. The van der Waals surface area contributed by atoms with Crippen LogP contribution in [0.1, 0.15) is 44.2 Å². The highest BCUT2D eigenvalue weighted by atomic mass is 16.6. The molecule has 8 heteroatoms. The van der Waals surface area contributed by atoms with Crippen LogP contribution in [0.3, 0.4) is 0 Å². The normalized spacial score (nSPS) is 18.4. The van der Waals surface area contributed by atoms with Gasteiger partial charge in [0, 0.05) is 58.0 Å². The van der Waals surface area contributed by atoms with Crippen LogP contribution >= 0.6 is 0 Å². The molecule has 2 aliphatic rings. The van der Waals surface area contributed by atoms with E-state index in [1.807, 2.05) is 38.2 Å². The number of hydrogen-bond acceptors (Lipinski definition) is 6. The quantitative estimate of drug-likeness (QED) is 0.524. The molecule has 0 unspecified atom stereocenters. The van der Waals surface area contributed by atoms with Gasteiger partial charge in [-0.1, -0.05) is 32.0 Å². The lowest BCUT2D eigenvalue weighted by Gasteiger charge is -2.34. The van der Waals surface area contributed by atoms with Crippen LogP contribution < -0.4 is 4.74 Å². The minimum absolute atomic E-state index is 0.101. The van der Waals surface area contributed by atoms with E-state index in [4.69, 9.17) is 4.74 Å². The van der Waals surface area contributed by atoms with E-state index in [1.54, 1.807) is 23.2 Å². The van der Waals surface area contributed by atoms with Gasteiger partial charge in [0.1, 0.15) is 5.75 Å². The molecule has 192 valence electrons. The molecule has 1 aromatic heterocycles. The van der Waals surface area contributed by atoms with Gasteiger partial charge in [0.25, 0.3) is 0 Å². The molecule has 2 saturated heterocycles. The summed E-state index contributed by atoms with van der Waals surface area (Å²) in [6.45, 7) is 8.26. The first kappa shape index (κ1) is 25.8. The second-order valence-electron chi connectivity index (χ2n) is 10.5. The fraction of sp³-hybridized carbons (Fsp3) is 0.500. The first-order valence-electron chi connectivity index (χ1n) is 12.8. The molecule has 3 heterocycles. The minimum atomic E-state index is -0.329. The van der Waals surface area contributed by atoms with E-state index in [0.717, 1.165) is 38.0 Å². The maximum atomic E-state index is 12.6. The first-order chi connectivity index (χ1) is 17.3. The highest BCUT2D eigenvalue weighted by molar-refractivity contribution is 5.98. The van der Waals surface area contributed by atoms with Crippen molar-refractivity contribution in [3.05, 3.63) is 59.9 Å². The topological polar surface area (TPSA) is 83.1 Å². The number of piperidine rings is 1. The van der Waals surface area contributed by atoms with Gasteiger partial charge in [-0.25, -0.2) is 4.79 Å². The fourth-order valence-electron chi connectivity index (χ4n) is 4.80. The molecule has 2 aliphatic heterocycles. The number of piperazine rings is 1. The molecule has 0 atom stereocenters. The van der Waals surface area contributed by atoms with Crippen LogP contribution in [0, 0.1) is 5.41 Å². The van der Waals surface area contributed by atoms with Gasteiger partial charge in [0.15, 0.2) is 0 Å². The highest BCUT2D eigenvalue weighted by Crippen LogP contribution is 2.31. The second kappa shape index (κ2) is 11.6. The molecular formula is C28H36N4O4. The van der Waals surface area contributed by atoms with E-state index in [1.165, 1.54) is 10.5 Å². The Kier molecular flexibility index (Phi) is 8.36. The lowest BCUT2D eigenvalue weighted by atomic mass is 9.81. The molecule has 0 bridgehead atoms. The van der Waals surface area contributed by atoms with Crippen molar-refractivity contribution in [2.24, 2.45) is 5.41 Å². The molecule has 0 saturated carbocycles. The monoisotopic (exact) mass is 492 g/mol. The average molecular weight is 493 g/mol. The zero-order chi connectivity index (χ0) is 25.5. The first-order valence-corrected chi connectivity index (χ1v) is 12.8. The number of amides is 3. The Morgan fingerprint density at radius 3 is 2.25 bits per heavy atom. The van der Waals surface area contributed by atoms with Crippen LogP contribution in [-0.2, 0) is 22.4 Å². The van der Waals surface area contributed by atoms with Crippen molar-refractivity contribution in [2.75, 3.05) is 39.3 Å². The highest BCUT2D eigenvalue weighted by Gasteiger charge is 2.37. The van der Waals surface area contributed by atoms with Crippen molar-refractivity contribution in [1.29, 1.82) is 0 Å². The summed E-state index contributed by atoms with van der Waals surface area (Å²) in [4.78, 5) is 46.9. The van der Waals surface area contributed by atoms with Crippen molar-refractivity contribution in [1.82, 2.24) is 19.7 Å². The summed E-state index contributed by atoms with van der Waals surface area (Å²) >= 11 is 0. The third-order valence-corrected chi connectivity index (χ3v) is 6.91. The summed E-state index contributed by atoms with van der Waals surface area (Å²) < 4.78 is 5.58. The number of nitrogens with zero attached hydrogens (tertiary/aromatic N) is 4.